The van der Waals surface area contributed by atoms with Crippen molar-refractivity contribution in [3.8, 4) is 0 Å². The lowest BCUT2D eigenvalue weighted by molar-refractivity contribution is 0.211. The number of aromatic nitrogens is 2. The van der Waals surface area contributed by atoms with Crippen LogP contribution in [0.1, 0.15) is 44.2 Å². The normalized spacial score (nSPS) is 20.9. The van der Waals surface area contributed by atoms with E-state index in [4.69, 9.17) is 0 Å². The zero-order valence-corrected chi connectivity index (χ0v) is 14.6. The molecule has 1 atom stereocenters. The molecular weight excluding hydrogens is 296 g/mol. The summed E-state index contributed by atoms with van der Waals surface area (Å²) in [5, 5.41) is 8.31. The van der Waals surface area contributed by atoms with Crippen molar-refractivity contribution in [3.63, 3.8) is 0 Å². The average Bonchev–Trinajstić information content (AvgIpc) is 3.37. The van der Waals surface area contributed by atoms with Crippen LogP contribution in [0.4, 0.5) is 5.82 Å². The highest BCUT2D eigenvalue weighted by atomic mass is 15.3. The third kappa shape index (κ3) is 3.64. The number of hydrogen-bond donors (Lipinski definition) is 1. The lowest BCUT2D eigenvalue weighted by atomic mass is 10.0. The van der Waals surface area contributed by atoms with Crippen molar-refractivity contribution in [1.82, 2.24) is 14.7 Å². The third-order valence-electron chi connectivity index (χ3n) is 5.55. The molecule has 2 aliphatic rings. The van der Waals surface area contributed by atoms with Crippen molar-refractivity contribution in [2.24, 2.45) is 5.92 Å². The molecule has 2 aromatic rings. The molecule has 128 valence electrons. The van der Waals surface area contributed by atoms with Crippen LogP contribution in [-0.4, -0.2) is 33.8 Å². The number of benzene rings is 1. The molecule has 1 N–H and O–H groups in total. The maximum atomic E-state index is 4.56. The number of hydrogen-bond acceptors (Lipinski definition) is 3. The van der Waals surface area contributed by atoms with Gasteiger partial charge in [-0.3, -0.25) is 4.90 Å². The van der Waals surface area contributed by atoms with Crippen LogP contribution in [0.3, 0.4) is 0 Å². The quantitative estimate of drug-likeness (QED) is 0.874. The van der Waals surface area contributed by atoms with E-state index in [1.54, 1.807) is 0 Å². The molecule has 24 heavy (non-hydrogen) atoms. The van der Waals surface area contributed by atoms with Crippen LogP contribution in [-0.2, 0) is 6.54 Å². The second-order valence-electron chi connectivity index (χ2n) is 7.42. The lowest BCUT2D eigenvalue weighted by Gasteiger charge is -2.33. The van der Waals surface area contributed by atoms with E-state index in [9.17, 15) is 0 Å². The van der Waals surface area contributed by atoms with Crippen LogP contribution >= 0.6 is 0 Å². The summed E-state index contributed by atoms with van der Waals surface area (Å²) >= 11 is 0. The number of rotatable bonds is 6. The summed E-state index contributed by atoms with van der Waals surface area (Å²) in [6.07, 6.45) is 7.06. The summed E-state index contributed by atoms with van der Waals surface area (Å²) in [7, 11) is 0. The van der Waals surface area contributed by atoms with Crippen molar-refractivity contribution < 1.29 is 0 Å². The largest absolute Gasteiger partial charge is 0.367 e. The van der Waals surface area contributed by atoms with Gasteiger partial charge in [-0.2, -0.15) is 5.10 Å². The van der Waals surface area contributed by atoms with Gasteiger partial charge in [0.05, 0.1) is 12.2 Å². The highest BCUT2D eigenvalue weighted by Gasteiger charge is 2.31. The Hall–Kier alpha value is -1.81. The van der Waals surface area contributed by atoms with Crippen molar-refractivity contribution in [2.75, 3.05) is 18.4 Å². The Balaban J connectivity index is 1.30. The molecule has 4 rings (SSSR count). The first kappa shape index (κ1) is 15.7. The average molecular weight is 324 g/mol. The molecule has 2 heterocycles. The van der Waals surface area contributed by atoms with E-state index in [0.29, 0.717) is 12.1 Å². The van der Waals surface area contributed by atoms with Crippen LogP contribution in [0.15, 0.2) is 42.6 Å². The second-order valence-corrected chi connectivity index (χ2v) is 7.42. The number of likely N-dealkylation sites (tertiary alicyclic amines) is 1. The maximum Gasteiger partial charge on any atom is 0.124 e. The molecular formula is C20H28N4. The summed E-state index contributed by atoms with van der Waals surface area (Å²) in [5.41, 5.74) is 1.42. The molecule has 2 fully saturated rings. The Morgan fingerprint density at radius 1 is 1.08 bits per heavy atom. The van der Waals surface area contributed by atoms with Gasteiger partial charge < -0.3 is 5.32 Å². The SMILES string of the molecule is C[C@@H](C1CC1)n1nccc1NC1CCN(Cc2ccccc2)CC1. The van der Waals surface area contributed by atoms with Gasteiger partial charge in [0.2, 0.25) is 0 Å². The summed E-state index contributed by atoms with van der Waals surface area (Å²) in [6.45, 7) is 5.71. The van der Waals surface area contributed by atoms with Gasteiger partial charge in [0, 0.05) is 31.7 Å². The fourth-order valence-electron chi connectivity index (χ4n) is 3.82. The minimum atomic E-state index is 0.528. The van der Waals surface area contributed by atoms with Crippen LogP contribution in [0, 0.1) is 5.92 Å². The van der Waals surface area contributed by atoms with Crippen LogP contribution in [0.2, 0.25) is 0 Å². The van der Waals surface area contributed by atoms with Crippen LogP contribution < -0.4 is 5.32 Å². The van der Waals surface area contributed by atoms with Crippen molar-refractivity contribution >= 4 is 5.82 Å². The number of nitrogens with one attached hydrogen (secondary N) is 1. The number of piperidine rings is 1. The molecule has 1 aliphatic heterocycles. The summed E-state index contributed by atoms with van der Waals surface area (Å²) in [4.78, 5) is 2.57. The first-order valence-corrected chi connectivity index (χ1v) is 9.36. The minimum Gasteiger partial charge on any atom is -0.367 e. The molecule has 1 saturated heterocycles. The van der Waals surface area contributed by atoms with Gasteiger partial charge in [-0.1, -0.05) is 30.3 Å². The minimum absolute atomic E-state index is 0.528. The maximum absolute atomic E-state index is 4.56. The summed E-state index contributed by atoms with van der Waals surface area (Å²) in [6, 6.07) is 14.0. The van der Waals surface area contributed by atoms with Gasteiger partial charge in [-0.25, -0.2) is 4.68 Å². The smallest absolute Gasteiger partial charge is 0.124 e. The van der Waals surface area contributed by atoms with E-state index in [-0.39, 0.29) is 0 Å². The predicted molar refractivity (Wildman–Crippen MR) is 98.0 cm³/mol. The summed E-state index contributed by atoms with van der Waals surface area (Å²) in [5.74, 6) is 2.04. The number of nitrogens with zero attached hydrogens (tertiary/aromatic N) is 3. The zero-order chi connectivity index (χ0) is 16.4. The Kier molecular flexibility index (Phi) is 4.56. The molecule has 1 aromatic heterocycles. The number of anilines is 1. The van der Waals surface area contributed by atoms with Crippen molar-refractivity contribution in [2.45, 2.75) is 51.2 Å². The van der Waals surface area contributed by atoms with Crippen molar-refractivity contribution in [1.29, 1.82) is 0 Å². The van der Waals surface area contributed by atoms with E-state index in [0.717, 1.165) is 12.5 Å². The highest BCUT2D eigenvalue weighted by Crippen LogP contribution is 2.40. The molecule has 1 saturated carbocycles. The first-order valence-electron chi connectivity index (χ1n) is 9.36. The molecule has 0 radical (unpaired) electrons. The van der Waals surface area contributed by atoms with Gasteiger partial charge in [0.15, 0.2) is 0 Å². The molecule has 0 spiro atoms. The predicted octanol–water partition coefficient (Wildman–Crippen LogP) is 3.93. The van der Waals surface area contributed by atoms with E-state index in [1.165, 1.54) is 50.2 Å². The fraction of sp³-hybridized carbons (Fsp3) is 0.550. The van der Waals surface area contributed by atoms with Gasteiger partial charge in [-0.15, -0.1) is 0 Å². The molecule has 4 nitrogen and oxygen atoms in total. The zero-order valence-electron chi connectivity index (χ0n) is 14.6. The highest BCUT2D eigenvalue weighted by molar-refractivity contribution is 5.36. The van der Waals surface area contributed by atoms with E-state index < -0.39 is 0 Å². The van der Waals surface area contributed by atoms with Gasteiger partial charge >= 0.3 is 0 Å². The molecule has 0 unspecified atom stereocenters. The van der Waals surface area contributed by atoms with Gasteiger partial charge in [0.25, 0.3) is 0 Å². The molecule has 4 heteroatoms. The third-order valence-corrected chi connectivity index (χ3v) is 5.55. The van der Waals surface area contributed by atoms with Gasteiger partial charge in [-0.05, 0) is 44.1 Å². The Morgan fingerprint density at radius 2 is 1.83 bits per heavy atom. The van der Waals surface area contributed by atoms with Crippen molar-refractivity contribution in [3.05, 3.63) is 48.2 Å². The van der Waals surface area contributed by atoms with E-state index in [2.05, 4.69) is 63.3 Å². The fourth-order valence-corrected chi connectivity index (χ4v) is 3.82. The Labute approximate surface area is 144 Å². The van der Waals surface area contributed by atoms with Gasteiger partial charge in [0.1, 0.15) is 5.82 Å². The summed E-state index contributed by atoms with van der Waals surface area (Å²) < 4.78 is 2.20. The Bertz CT molecular complexity index is 639. The second kappa shape index (κ2) is 6.98. The molecule has 0 amide bonds. The van der Waals surface area contributed by atoms with Crippen LogP contribution in [0.25, 0.3) is 0 Å². The topological polar surface area (TPSA) is 33.1 Å². The standard InChI is InChI=1S/C20H28N4/c1-16(18-7-8-18)24-20(9-12-21-24)22-19-10-13-23(14-11-19)15-17-5-3-2-4-6-17/h2-6,9,12,16,18-19,22H,7-8,10-11,13-15H2,1H3/t16-/m0/s1. The lowest BCUT2D eigenvalue weighted by Crippen LogP contribution is -2.39. The Morgan fingerprint density at radius 3 is 2.54 bits per heavy atom. The molecule has 1 aliphatic carbocycles. The molecule has 0 bridgehead atoms. The van der Waals surface area contributed by atoms with Crippen LogP contribution in [0.5, 0.6) is 0 Å². The van der Waals surface area contributed by atoms with E-state index in [1.807, 2.05) is 6.20 Å². The van der Waals surface area contributed by atoms with E-state index >= 15 is 0 Å². The molecule has 1 aromatic carbocycles. The first-order chi connectivity index (χ1) is 11.8. The monoisotopic (exact) mass is 324 g/mol.